The molecular weight excluding hydrogens is 320 g/mol. The Hall–Kier alpha value is -0.440. The van der Waals surface area contributed by atoms with E-state index in [0.29, 0.717) is 0 Å². The second-order valence-electron chi connectivity index (χ2n) is 5.53. The first-order chi connectivity index (χ1) is 10.8. The smallest absolute Gasteiger partial charge is 0.189 e. The third kappa shape index (κ3) is 3.65. The summed E-state index contributed by atoms with van der Waals surface area (Å²) in [5.74, 6) is 0. The number of rotatable bonds is 4. The van der Waals surface area contributed by atoms with Crippen molar-refractivity contribution in [1.82, 2.24) is 0 Å². The molecule has 0 spiro atoms. The minimum atomic E-state index is -1.72. The average Bonchev–Trinajstić information content (AvgIpc) is 2.55. The molecule has 2 unspecified atom stereocenters. The fourth-order valence-corrected chi connectivity index (χ4v) is 2.49. The van der Waals surface area contributed by atoms with E-state index in [1.54, 1.807) is 0 Å². The van der Waals surface area contributed by atoms with Crippen LogP contribution in [0.15, 0.2) is 0 Å². The number of aliphatic hydroxyl groups is 8. The van der Waals surface area contributed by atoms with Gasteiger partial charge in [-0.1, -0.05) is 0 Å². The lowest BCUT2D eigenvalue weighted by atomic mass is 9.98. The van der Waals surface area contributed by atoms with E-state index in [-0.39, 0.29) is 0 Å². The lowest BCUT2D eigenvalue weighted by Crippen LogP contribution is -2.63. The maximum atomic E-state index is 9.84. The first-order valence-electron chi connectivity index (χ1n) is 7.08. The lowest BCUT2D eigenvalue weighted by Gasteiger charge is -2.44. The van der Waals surface area contributed by atoms with Crippen LogP contribution in [0.2, 0.25) is 0 Å². The van der Waals surface area contributed by atoms with Crippen LogP contribution in [0.5, 0.6) is 0 Å². The van der Waals surface area contributed by atoms with Crippen molar-refractivity contribution in [2.75, 3.05) is 13.2 Å². The Labute approximate surface area is 130 Å². The highest BCUT2D eigenvalue weighted by Gasteiger charge is 2.49. The molecule has 0 aromatic rings. The summed E-state index contributed by atoms with van der Waals surface area (Å²) in [6.07, 6.45) is -15.6. The summed E-state index contributed by atoms with van der Waals surface area (Å²) in [4.78, 5) is 0. The van der Waals surface area contributed by atoms with E-state index in [1.807, 2.05) is 0 Å². The molecule has 2 fully saturated rings. The van der Waals surface area contributed by atoms with Crippen molar-refractivity contribution in [3.05, 3.63) is 0 Å². The van der Waals surface area contributed by atoms with Gasteiger partial charge in [-0.25, -0.2) is 0 Å². The molecule has 2 aliphatic heterocycles. The summed E-state index contributed by atoms with van der Waals surface area (Å²) in [6, 6.07) is 0. The lowest BCUT2D eigenvalue weighted by molar-refractivity contribution is -0.376. The van der Waals surface area contributed by atoms with Crippen LogP contribution in [0.1, 0.15) is 0 Å². The van der Waals surface area contributed by atoms with Gasteiger partial charge in [-0.3, -0.25) is 0 Å². The predicted molar refractivity (Wildman–Crippen MR) is 68.6 cm³/mol. The highest BCUT2D eigenvalue weighted by Crippen LogP contribution is 2.27. The van der Waals surface area contributed by atoms with Crippen LogP contribution in [0.25, 0.3) is 0 Å². The Morgan fingerprint density at radius 3 is 1.22 bits per heavy atom. The van der Waals surface area contributed by atoms with Crippen molar-refractivity contribution in [3.8, 4) is 0 Å². The molecule has 23 heavy (non-hydrogen) atoms. The monoisotopic (exact) mass is 342 g/mol. The Morgan fingerprint density at radius 2 is 0.913 bits per heavy atom. The molecule has 0 aromatic carbocycles. The number of aliphatic hydroxyl groups excluding tert-OH is 8. The molecule has 11 heteroatoms. The Kier molecular flexibility index (Phi) is 6.27. The molecule has 2 heterocycles. The standard InChI is InChI=1S/C12H22O11/c13-1-3-5(15)7(17)9(19)11(21-3)23-12-10(20)8(18)6(16)4(2-14)22-12/h3-20H,1-2H2/t3-,4-,5-,6+,7+,8+,9+,10-,11?,12?/m1/s1. The van der Waals surface area contributed by atoms with Crippen LogP contribution in [0.4, 0.5) is 0 Å². The van der Waals surface area contributed by atoms with E-state index >= 15 is 0 Å². The fraction of sp³-hybridized carbons (Fsp3) is 1.00. The number of hydrogen-bond donors (Lipinski definition) is 8. The van der Waals surface area contributed by atoms with Crippen LogP contribution in [0.3, 0.4) is 0 Å². The van der Waals surface area contributed by atoms with Crippen molar-refractivity contribution >= 4 is 0 Å². The zero-order valence-corrected chi connectivity index (χ0v) is 12.0. The quantitative estimate of drug-likeness (QED) is 0.243. The van der Waals surface area contributed by atoms with E-state index in [4.69, 9.17) is 24.4 Å². The molecule has 11 nitrogen and oxygen atoms in total. The van der Waals surface area contributed by atoms with E-state index in [1.165, 1.54) is 0 Å². The molecular formula is C12H22O11. The molecule has 0 bridgehead atoms. The van der Waals surface area contributed by atoms with E-state index in [2.05, 4.69) is 0 Å². The van der Waals surface area contributed by atoms with Gasteiger partial charge in [-0.2, -0.15) is 0 Å². The maximum Gasteiger partial charge on any atom is 0.189 e. The SMILES string of the molecule is OC[C@H]1OC(OC2O[C@H](CO)[C@@H](O)[C@H](O)[C@@H]2O)[C@H](O)[C@@H](O)[C@H]1O. The molecule has 2 aliphatic rings. The number of ether oxygens (including phenoxy) is 3. The molecule has 0 aromatic heterocycles. The molecule has 8 N–H and O–H groups in total. The second-order valence-corrected chi connectivity index (χ2v) is 5.53. The van der Waals surface area contributed by atoms with Gasteiger partial charge in [0.25, 0.3) is 0 Å². The van der Waals surface area contributed by atoms with E-state index in [9.17, 15) is 30.6 Å². The van der Waals surface area contributed by atoms with E-state index in [0.717, 1.165) is 0 Å². The minimum absolute atomic E-state index is 0.667. The van der Waals surface area contributed by atoms with Crippen molar-refractivity contribution in [1.29, 1.82) is 0 Å². The van der Waals surface area contributed by atoms with Gasteiger partial charge in [0, 0.05) is 0 Å². The zero-order chi connectivity index (χ0) is 17.3. The van der Waals surface area contributed by atoms with Crippen LogP contribution < -0.4 is 0 Å². The zero-order valence-electron chi connectivity index (χ0n) is 12.0. The first-order valence-corrected chi connectivity index (χ1v) is 7.08. The highest BCUT2D eigenvalue weighted by atomic mass is 16.8. The summed E-state index contributed by atoms with van der Waals surface area (Å²) in [5.41, 5.74) is 0. The molecule has 0 amide bonds. The van der Waals surface area contributed by atoms with Gasteiger partial charge in [0.05, 0.1) is 13.2 Å². The Bertz CT molecular complexity index is 344. The van der Waals surface area contributed by atoms with Gasteiger partial charge in [0.2, 0.25) is 0 Å². The summed E-state index contributed by atoms with van der Waals surface area (Å²) >= 11 is 0. The van der Waals surface area contributed by atoms with Gasteiger partial charge >= 0.3 is 0 Å². The van der Waals surface area contributed by atoms with Crippen LogP contribution >= 0.6 is 0 Å². The molecule has 2 saturated heterocycles. The normalized spacial score (nSPS) is 51.7. The average molecular weight is 342 g/mol. The molecule has 0 aliphatic carbocycles. The summed E-state index contributed by atoms with van der Waals surface area (Å²) < 4.78 is 15.3. The summed E-state index contributed by atoms with van der Waals surface area (Å²) in [7, 11) is 0. The van der Waals surface area contributed by atoms with Gasteiger partial charge in [0.15, 0.2) is 12.6 Å². The fourth-order valence-electron chi connectivity index (χ4n) is 2.49. The molecule has 0 radical (unpaired) electrons. The Balaban J connectivity index is 2.07. The first kappa shape index (κ1) is 18.9. The van der Waals surface area contributed by atoms with Crippen molar-refractivity contribution in [2.45, 2.75) is 61.4 Å². The third-order valence-corrected chi connectivity index (χ3v) is 3.97. The largest absolute Gasteiger partial charge is 0.394 e. The Morgan fingerprint density at radius 1 is 0.565 bits per heavy atom. The van der Waals surface area contributed by atoms with Crippen LogP contribution in [-0.2, 0) is 14.2 Å². The van der Waals surface area contributed by atoms with Gasteiger partial charge in [-0.05, 0) is 0 Å². The van der Waals surface area contributed by atoms with Gasteiger partial charge < -0.3 is 55.1 Å². The van der Waals surface area contributed by atoms with Crippen molar-refractivity contribution in [2.24, 2.45) is 0 Å². The molecule has 10 atom stereocenters. The third-order valence-electron chi connectivity index (χ3n) is 3.97. The topological polar surface area (TPSA) is 190 Å². The van der Waals surface area contributed by atoms with E-state index < -0.39 is 74.6 Å². The molecule has 2 rings (SSSR count). The van der Waals surface area contributed by atoms with Crippen molar-refractivity contribution in [3.63, 3.8) is 0 Å². The number of hydrogen-bond acceptors (Lipinski definition) is 11. The summed E-state index contributed by atoms with van der Waals surface area (Å²) in [6.45, 7) is -1.33. The van der Waals surface area contributed by atoms with Gasteiger partial charge in [0.1, 0.15) is 48.8 Å². The molecule has 0 saturated carbocycles. The maximum absolute atomic E-state index is 9.84. The molecule has 136 valence electrons. The predicted octanol–water partition coefficient (Wildman–Crippen LogP) is -5.40. The highest BCUT2D eigenvalue weighted by molar-refractivity contribution is 4.92. The summed E-state index contributed by atoms with van der Waals surface area (Å²) in [5, 5.41) is 76.4. The second kappa shape index (κ2) is 7.63. The van der Waals surface area contributed by atoms with Gasteiger partial charge in [-0.15, -0.1) is 0 Å². The van der Waals surface area contributed by atoms with Crippen LogP contribution in [-0.4, -0.2) is 115 Å². The van der Waals surface area contributed by atoms with Crippen molar-refractivity contribution < 1.29 is 55.1 Å². The van der Waals surface area contributed by atoms with Crippen LogP contribution in [0, 0.1) is 0 Å². The minimum Gasteiger partial charge on any atom is -0.394 e.